The number of carbonyl (C=O) groups excluding carboxylic acids is 1. The number of benzene rings is 1. The summed E-state index contributed by atoms with van der Waals surface area (Å²) in [5.41, 5.74) is 12.5. The van der Waals surface area contributed by atoms with Gasteiger partial charge in [0.2, 0.25) is 0 Å². The average molecular weight is 249 g/mol. The Labute approximate surface area is 107 Å². The fraction of sp³-hybridized carbons (Fsp3) is 0.462. The number of urea groups is 1. The Bertz CT molecular complexity index is 419. The van der Waals surface area contributed by atoms with Crippen molar-refractivity contribution >= 4 is 6.03 Å². The van der Waals surface area contributed by atoms with E-state index < -0.39 is 6.03 Å². The Hall–Kier alpha value is -1.75. The number of hydrogen-bond donors (Lipinski definition) is 2. The number of ether oxygens (including phenoxy) is 1. The summed E-state index contributed by atoms with van der Waals surface area (Å²) in [5.74, 6) is 1.07. The second kappa shape index (κ2) is 5.27. The molecule has 1 saturated heterocycles. The highest BCUT2D eigenvalue weighted by Gasteiger charge is 2.27. The molecule has 1 aromatic carbocycles. The van der Waals surface area contributed by atoms with Crippen molar-refractivity contribution in [1.82, 2.24) is 4.90 Å². The lowest BCUT2D eigenvalue weighted by Crippen LogP contribution is -2.50. The van der Waals surface area contributed by atoms with Gasteiger partial charge in [-0.1, -0.05) is 12.1 Å². The molecule has 2 amide bonds. The van der Waals surface area contributed by atoms with Crippen LogP contribution in [0.2, 0.25) is 0 Å². The fourth-order valence-electron chi connectivity index (χ4n) is 2.44. The van der Waals surface area contributed by atoms with Crippen LogP contribution in [0.4, 0.5) is 4.79 Å². The van der Waals surface area contributed by atoms with Gasteiger partial charge < -0.3 is 21.1 Å². The molecular weight excluding hydrogens is 230 g/mol. The normalized spacial score (nSPS) is 23.8. The molecular formula is C13H19N3O2. The molecule has 4 N–H and O–H groups in total. The van der Waals surface area contributed by atoms with Crippen molar-refractivity contribution in [2.24, 2.45) is 11.5 Å². The number of hydrogen-bond acceptors (Lipinski definition) is 3. The zero-order valence-corrected chi connectivity index (χ0v) is 10.5. The van der Waals surface area contributed by atoms with Gasteiger partial charge >= 0.3 is 6.03 Å². The molecule has 0 aromatic heterocycles. The molecule has 1 aliphatic heterocycles. The first kappa shape index (κ1) is 12.7. The van der Waals surface area contributed by atoms with Gasteiger partial charge in [0.15, 0.2) is 0 Å². The maximum Gasteiger partial charge on any atom is 0.314 e. The molecule has 2 unspecified atom stereocenters. The molecule has 1 aromatic rings. The number of primary amides is 1. The van der Waals surface area contributed by atoms with Crippen LogP contribution in [-0.2, 0) is 0 Å². The smallest absolute Gasteiger partial charge is 0.314 e. The van der Waals surface area contributed by atoms with Gasteiger partial charge in [-0.3, -0.25) is 0 Å². The molecule has 1 fully saturated rings. The van der Waals surface area contributed by atoms with Crippen LogP contribution in [0.15, 0.2) is 24.3 Å². The molecule has 1 aliphatic rings. The molecule has 0 aliphatic carbocycles. The standard InChI is InChI=1S/C13H19N3O2/c1-18-12-4-2-9(3-5-12)10-6-11(14)8-16(7-10)13(15)17/h2-5,10-11H,6-8,14H2,1H3,(H2,15,17). The van der Waals surface area contributed by atoms with E-state index in [-0.39, 0.29) is 12.0 Å². The van der Waals surface area contributed by atoms with Gasteiger partial charge in [0.1, 0.15) is 5.75 Å². The van der Waals surface area contributed by atoms with E-state index >= 15 is 0 Å². The van der Waals surface area contributed by atoms with Gasteiger partial charge in [-0.25, -0.2) is 4.79 Å². The monoisotopic (exact) mass is 249 g/mol. The SMILES string of the molecule is COc1ccc(C2CC(N)CN(C(N)=O)C2)cc1. The number of amides is 2. The van der Waals surface area contributed by atoms with Crippen LogP contribution in [0.25, 0.3) is 0 Å². The summed E-state index contributed by atoms with van der Waals surface area (Å²) in [7, 11) is 1.64. The van der Waals surface area contributed by atoms with Crippen LogP contribution in [-0.4, -0.2) is 37.2 Å². The first-order valence-electron chi connectivity index (χ1n) is 6.04. The lowest BCUT2D eigenvalue weighted by Gasteiger charge is -2.35. The molecule has 5 nitrogen and oxygen atoms in total. The topological polar surface area (TPSA) is 81.6 Å². The minimum atomic E-state index is -0.399. The van der Waals surface area contributed by atoms with Crippen molar-refractivity contribution in [1.29, 1.82) is 0 Å². The Morgan fingerprint density at radius 1 is 1.33 bits per heavy atom. The van der Waals surface area contributed by atoms with Crippen LogP contribution in [0.3, 0.4) is 0 Å². The van der Waals surface area contributed by atoms with Gasteiger partial charge in [-0.2, -0.15) is 0 Å². The third-order valence-electron chi connectivity index (χ3n) is 3.38. The van der Waals surface area contributed by atoms with E-state index in [0.29, 0.717) is 13.1 Å². The molecule has 5 heteroatoms. The highest BCUT2D eigenvalue weighted by Crippen LogP contribution is 2.27. The largest absolute Gasteiger partial charge is 0.497 e. The summed E-state index contributed by atoms with van der Waals surface area (Å²) in [6.45, 7) is 1.18. The maximum absolute atomic E-state index is 11.2. The van der Waals surface area contributed by atoms with Crippen molar-refractivity contribution in [3.63, 3.8) is 0 Å². The first-order valence-corrected chi connectivity index (χ1v) is 6.04. The second-order valence-electron chi connectivity index (χ2n) is 4.71. The van der Waals surface area contributed by atoms with E-state index in [9.17, 15) is 4.79 Å². The molecule has 1 heterocycles. The Kier molecular flexibility index (Phi) is 3.72. The number of rotatable bonds is 2. The van der Waals surface area contributed by atoms with Crippen molar-refractivity contribution in [3.8, 4) is 5.75 Å². The molecule has 0 radical (unpaired) electrons. The zero-order chi connectivity index (χ0) is 13.1. The third kappa shape index (κ3) is 2.73. The van der Waals surface area contributed by atoms with E-state index in [1.165, 1.54) is 0 Å². The number of carbonyl (C=O) groups is 1. The van der Waals surface area contributed by atoms with Crippen LogP contribution in [0, 0.1) is 0 Å². The molecule has 2 atom stereocenters. The van der Waals surface area contributed by atoms with Gasteiger partial charge in [0.05, 0.1) is 7.11 Å². The second-order valence-corrected chi connectivity index (χ2v) is 4.71. The summed E-state index contributed by atoms with van der Waals surface area (Å²) in [4.78, 5) is 12.9. The summed E-state index contributed by atoms with van der Waals surface area (Å²) >= 11 is 0. The third-order valence-corrected chi connectivity index (χ3v) is 3.38. The number of methoxy groups -OCH3 is 1. The highest BCUT2D eigenvalue weighted by atomic mass is 16.5. The lowest BCUT2D eigenvalue weighted by atomic mass is 9.88. The highest BCUT2D eigenvalue weighted by molar-refractivity contribution is 5.72. The van der Waals surface area contributed by atoms with Crippen LogP contribution in [0.1, 0.15) is 17.9 Å². The Morgan fingerprint density at radius 2 is 2.00 bits per heavy atom. The van der Waals surface area contributed by atoms with E-state index in [0.717, 1.165) is 17.7 Å². The van der Waals surface area contributed by atoms with E-state index in [4.69, 9.17) is 16.2 Å². The summed E-state index contributed by atoms with van der Waals surface area (Å²) in [5, 5.41) is 0. The van der Waals surface area contributed by atoms with Gasteiger partial charge in [-0.15, -0.1) is 0 Å². The predicted molar refractivity (Wildman–Crippen MR) is 69.5 cm³/mol. The number of piperidine rings is 1. The summed E-state index contributed by atoms with van der Waals surface area (Å²) in [6, 6.07) is 7.46. The van der Waals surface area contributed by atoms with Gasteiger partial charge in [0.25, 0.3) is 0 Å². The van der Waals surface area contributed by atoms with E-state index in [1.807, 2.05) is 24.3 Å². The van der Waals surface area contributed by atoms with Gasteiger partial charge in [0, 0.05) is 25.0 Å². The van der Waals surface area contributed by atoms with Crippen molar-refractivity contribution in [2.45, 2.75) is 18.4 Å². The predicted octanol–water partition coefficient (Wildman–Crippen LogP) is 0.891. The Morgan fingerprint density at radius 3 is 2.56 bits per heavy atom. The van der Waals surface area contributed by atoms with Gasteiger partial charge in [-0.05, 0) is 24.1 Å². The molecule has 18 heavy (non-hydrogen) atoms. The number of nitrogens with two attached hydrogens (primary N) is 2. The van der Waals surface area contributed by atoms with E-state index in [2.05, 4.69) is 0 Å². The van der Waals surface area contributed by atoms with Crippen molar-refractivity contribution < 1.29 is 9.53 Å². The van der Waals surface area contributed by atoms with Crippen molar-refractivity contribution in [3.05, 3.63) is 29.8 Å². The number of nitrogens with zero attached hydrogens (tertiary/aromatic N) is 1. The minimum absolute atomic E-state index is 0.0154. The average Bonchev–Trinajstić information content (AvgIpc) is 2.38. The maximum atomic E-state index is 11.2. The molecule has 0 bridgehead atoms. The molecule has 98 valence electrons. The summed E-state index contributed by atoms with van der Waals surface area (Å²) < 4.78 is 5.13. The Balaban J connectivity index is 2.13. The molecule has 2 rings (SSSR count). The molecule has 0 saturated carbocycles. The minimum Gasteiger partial charge on any atom is -0.497 e. The van der Waals surface area contributed by atoms with E-state index in [1.54, 1.807) is 12.0 Å². The van der Waals surface area contributed by atoms with Crippen LogP contribution >= 0.6 is 0 Å². The van der Waals surface area contributed by atoms with Crippen LogP contribution < -0.4 is 16.2 Å². The molecule has 0 spiro atoms. The van der Waals surface area contributed by atoms with Crippen molar-refractivity contribution in [2.75, 3.05) is 20.2 Å². The van der Waals surface area contributed by atoms with Crippen LogP contribution in [0.5, 0.6) is 5.75 Å². The lowest BCUT2D eigenvalue weighted by molar-refractivity contribution is 0.180. The summed E-state index contributed by atoms with van der Waals surface area (Å²) in [6.07, 6.45) is 0.871. The quantitative estimate of drug-likeness (QED) is 0.816. The fourth-order valence-corrected chi connectivity index (χ4v) is 2.44. The number of likely N-dealkylation sites (tertiary alicyclic amines) is 1. The first-order chi connectivity index (χ1) is 8.60. The zero-order valence-electron chi connectivity index (χ0n) is 10.5.